The molecule has 0 rings (SSSR count). The van der Waals surface area contributed by atoms with Crippen LogP contribution in [0.15, 0.2) is 6.58 Å². The molecule has 0 aliphatic heterocycles. The van der Waals surface area contributed by atoms with E-state index in [-0.39, 0.29) is 103 Å². The Bertz CT molecular complexity index is 39.5. The van der Waals surface area contributed by atoms with Crippen molar-refractivity contribution in [1.29, 1.82) is 0 Å². The summed E-state index contributed by atoms with van der Waals surface area (Å²) in [6.07, 6.45) is 2.61. The van der Waals surface area contributed by atoms with Crippen LogP contribution in [-0.2, 0) is 65.4 Å². The van der Waals surface area contributed by atoms with Gasteiger partial charge in [-0.05, 0) is 14.1 Å². The van der Waals surface area contributed by atoms with E-state index in [4.69, 9.17) is 0 Å². The summed E-state index contributed by atoms with van der Waals surface area (Å²) in [5.41, 5.74) is 0. The number of hydrogen-bond acceptors (Lipinski definition) is 1. The van der Waals surface area contributed by atoms with Gasteiger partial charge in [0.25, 0.3) is 0 Å². The summed E-state index contributed by atoms with van der Waals surface area (Å²) in [4.78, 5) is 1.76. The molecule has 0 spiro atoms. The Kier molecular flexibility index (Phi) is 300. The molecule has 0 saturated carbocycles. The summed E-state index contributed by atoms with van der Waals surface area (Å²) >= 11 is 0. The first-order valence-electron chi connectivity index (χ1n) is 1.47. The molecule has 12 heavy (non-hydrogen) atoms. The van der Waals surface area contributed by atoms with Gasteiger partial charge < -0.3 is 33.4 Å². The molecule has 0 aromatic carbocycles. The van der Waals surface area contributed by atoms with E-state index in [1.54, 1.807) is 4.90 Å². The minimum Gasteiger partial charge on any atom is -0.560 e. The summed E-state index contributed by atoms with van der Waals surface area (Å²) in [5, 5.41) is 0. The molecular weight excluding hydrogens is 300 g/mol. The van der Waals surface area contributed by atoms with Crippen LogP contribution in [0, 0.1) is 28.5 Å². The zero-order valence-electron chi connectivity index (χ0n) is 7.81. The second-order valence-corrected chi connectivity index (χ2v) is 1.05. The largest absolute Gasteiger partial charge is 0.560 e. The minimum absolute atomic E-state index is 0. The molecule has 0 fully saturated rings. The maximum Gasteiger partial charge on any atom is 0 e. The Balaban J connectivity index is -0.00000000381. The van der Waals surface area contributed by atoms with Gasteiger partial charge in [-0.25, -0.2) is 0 Å². The third-order valence-electron chi connectivity index (χ3n) is 0.316. The molecule has 0 atom stereocenters. The average molecular weight is 325 g/mol. The molecule has 0 aliphatic rings. The fourth-order valence-electron chi connectivity index (χ4n) is 0. The summed E-state index contributed by atoms with van der Waals surface area (Å²) in [7, 11) is 3.76. The van der Waals surface area contributed by atoms with E-state index < -0.39 is 0 Å². The molecule has 0 aromatic heterocycles. The van der Waals surface area contributed by atoms with Gasteiger partial charge in [-0.1, -0.05) is 14.9 Å². The smallest absolute Gasteiger partial charge is 0 e. The van der Waals surface area contributed by atoms with E-state index in [0.717, 1.165) is 0 Å². The molecule has 0 bridgehead atoms. The van der Waals surface area contributed by atoms with E-state index in [9.17, 15) is 0 Å². The maximum atomic E-state index is 3.36. The van der Waals surface area contributed by atoms with Crippen molar-refractivity contribution in [3.05, 3.63) is 35.1 Å². The summed E-state index contributed by atoms with van der Waals surface area (Å²) in [6.45, 7) is 3.36. The van der Waals surface area contributed by atoms with Gasteiger partial charge in [-0.3, -0.25) is 6.58 Å². The van der Waals surface area contributed by atoms with Crippen LogP contribution in [0.4, 0.5) is 0 Å². The molecule has 0 unspecified atom stereocenters. The van der Waals surface area contributed by atoms with Gasteiger partial charge >= 0.3 is 0 Å². The summed E-state index contributed by atoms with van der Waals surface area (Å²) < 4.78 is 0. The van der Waals surface area contributed by atoms with Crippen LogP contribution in [0.5, 0.6) is 0 Å². The van der Waals surface area contributed by atoms with Gasteiger partial charge in [0.05, 0.1) is 0 Å². The van der Waals surface area contributed by atoms with E-state index in [1.807, 2.05) is 14.1 Å². The Labute approximate surface area is 133 Å². The fraction of sp³-hybridized carbons (Fsp3) is 0.444. The summed E-state index contributed by atoms with van der Waals surface area (Å²) in [5.74, 6) is 0. The van der Waals surface area contributed by atoms with E-state index in [0.29, 0.717) is 0 Å². The molecular formula is C9H25NY2-4. The van der Waals surface area contributed by atoms with Crippen molar-refractivity contribution in [1.82, 2.24) is 4.90 Å². The van der Waals surface area contributed by atoms with Crippen LogP contribution in [0.3, 0.4) is 0 Å². The SMILES string of the molecule is C.C.C=[C-]N(C)C.[CH3-].[CH3-].[CH3-].[Y].[Y]. The van der Waals surface area contributed by atoms with E-state index in [2.05, 4.69) is 12.8 Å². The van der Waals surface area contributed by atoms with Crippen LogP contribution in [-0.4, -0.2) is 19.0 Å². The van der Waals surface area contributed by atoms with Crippen LogP contribution >= 0.6 is 0 Å². The fourth-order valence-corrected chi connectivity index (χ4v) is 0. The Morgan fingerprint density at radius 3 is 1.00 bits per heavy atom. The normalized spacial score (nSPS) is 2.83. The monoisotopic (exact) mass is 325 g/mol. The van der Waals surface area contributed by atoms with Crippen LogP contribution < -0.4 is 0 Å². The molecule has 0 N–H and O–H groups in total. The topological polar surface area (TPSA) is 3.24 Å². The van der Waals surface area contributed by atoms with Gasteiger partial charge in [0.1, 0.15) is 0 Å². The van der Waals surface area contributed by atoms with E-state index in [1.165, 1.54) is 0 Å². The molecule has 0 heterocycles. The number of hydrogen-bond donors (Lipinski definition) is 0. The maximum absolute atomic E-state index is 3.36. The van der Waals surface area contributed by atoms with Crippen molar-refractivity contribution in [2.45, 2.75) is 14.9 Å². The number of rotatable bonds is 1. The van der Waals surface area contributed by atoms with Crippen molar-refractivity contribution < 1.29 is 65.4 Å². The quantitative estimate of drug-likeness (QED) is 0.529. The number of nitrogens with zero attached hydrogens (tertiary/aromatic N) is 1. The molecule has 1 nitrogen and oxygen atoms in total. The third kappa shape index (κ3) is 96.6. The van der Waals surface area contributed by atoms with Crippen LogP contribution in [0.1, 0.15) is 14.9 Å². The van der Waals surface area contributed by atoms with Crippen LogP contribution in [0.2, 0.25) is 0 Å². The minimum atomic E-state index is 0. The summed E-state index contributed by atoms with van der Waals surface area (Å²) in [6, 6.07) is 0. The molecule has 0 aromatic rings. The molecule has 0 saturated heterocycles. The van der Waals surface area contributed by atoms with Crippen molar-refractivity contribution in [3.63, 3.8) is 0 Å². The molecule has 3 heteroatoms. The zero-order chi connectivity index (χ0) is 4.28. The predicted molar refractivity (Wildman–Crippen MR) is 55.3 cm³/mol. The Morgan fingerprint density at radius 2 is 1.00 bits per heavy atom. The average Bonchev–Trinajstić information content (AvgIpc) is 1.38. The predicted octanol–water partition coefficient (Wildman–Crippen LogP) is 3.11. The molecule has 0 aliphatic carbocycles. The van der Waals surface area contributed by atoms with Gasteiger partial charge in [0, 0.05) is 65.4 Å². The second-order valence-electron chi connectivity index (χ2n) is 1.05. The van der Waals surface area contributed by atoms with Crippen LogP contribution in [0.25, 0.3) is 0 Å². The first-order valence-corrected chi connectivity index (χ1v) is 1.47. The van der Waals surface area contributed by atoms with Gasteiger partial charge in [0.15, 0.2) is 0 Å². The van der Waals surface area contributed by atoms with Crippen molar-refractivity contribution in [3.8, 4) is 0 Å². The Hall–Kier alpha value is 1.75. The molecule has 76 valence electrons. The van der Waals surface area contributed by atoms with Gasteiger partial charge in [0.2, 0.25) is 0 Å². The third-order valence-corrected chi connectivity index (χ3v) is 0.316. The van der Waals surface area contributed by atoms with Gasteiger partial charge in [-0.2, -0.15) is 0 Å². The van der Waals surface area contributed by atoms with Gasteiger partial charge in [-0.15, -0.1) is 0 Å². The van der Waals surface area contributed by atoms with Crippen molar-refractivity contribution in [2.24, 2.45) is 0 Å². The van der Waals surface area contributed by atoms with Crippen molar-refractivity contribution in [2.75, 3.05) is 14.1 Å². The standard InChI is InChI=1S/C4H8N.2CH4.3CH3.2Y/c1-4-5(2)3;;;;;;;/h1H2,2-3H3;2*1H4;3*1H3;;/q-1;;;3*-1;;. The Morgan fingerprint density at radius 1 is 0.917 bits per heavy atom. The van der Waals surface area contributed by atoms with E-state index >= 15 is 0 Å². The zero-order valence-corrected chi connectivity index (χ0v) is 13.5. The molecule has 0 amide bonds. The second kappa shape index (κ2) is 53.3. The first-order chi connectivity index (χ1) is 2.27. The molecule has 2 radical (unpaired) electrons. The van der Waals surface area contributed by atoms with Crippen molar-refractivity contribution >= 4 is 0 Å². The first kappa shape index (κ1) is 67.6.